The lowest BCUT2D eigenvalue weighted by Gasteiger charge is -2.31. The first-order chi connectivity index (χ1) is 20.7. The molecule has 0 aromatic heterocycles. The number of rotatable bonds is 14. The van der Waals surface area contributed by atoms with Crippen molar-refractivity contribution >= 4 is 27.3 Å². The van der Waals surface area contributed by atoms with E-state index in [1.165, 1.54) is 11.4 Å². The first-order valence-electron chi connectivity index (χ1n) is 14.6. The summed E-state index contributed by atoms with van der Waals surface area (Å²) in [7, 11) is -0.516. The van der Waals surface area contributed by atoms with Crippen LogP contribution in [0.3, 0.4) is 0 Å². The number of sulfonamides is 1. The average Bonchev–Trinajstić information content (AvgIpc) is 3.00. The molecule has 0 aliphatic carbocycles. The summed E-state index contributed by atoms with van der Waals surface area (Å²) < 4.78 is 38.4. The zero-order valence-electron chi connectivity index (χ0n) is 25.0. The first kappa shape index (κ1) is 32.1. The summed E-state index contributed by atoms with van der Waals surface area (Å²) in [6.45, 7) is 3.54. The molecular weight excluding hydrogens is 568 g/mol. The molecule has 4 rings (SSSR count). The zero-order chi connectivity index (χ0) is 30.8. The van der Waals surface area contributed by atoms with Gasteiger partial charge in [0.1, 0.15) is 5.75 Å². The molecule has 0 bridgehead atoms. The first-order valence-corrected chi connectivity index (χ1v) is 16.2. The highest BCUT2D eigenvalue weighted by atomic mass is 32.2. The highest BCUT2D eigenvalue weighted by Crippen LogP contribution is 2.38. The summed E-state index contributed by atoms with van der Waals surface area (Å²) in [5.74, 6) is 0.491. The number of aliphatic hydroxyl groups excluding tert-OH is 1. The van der Waals surface area contributed by atoms with E-state index in [0.717, 1.165) is 16.9 Å². The number of nitrogens with zero attached hydrogens (tertiary/aromatic N) is 1. The van der Waals surface area contributed by atoms with Gasteiger partial charge in [-0.2, -0.15) is 0 Å². The number of methoxy groups -OCH3 is 2. The van der Waals surface area contributed by atoms with Gasteiger partial charge in [0.15, 0.2) is 5.75 Å². The van der Waals surface area contributed by atoms with Crippen molar-refractivity contribution in [1.29, 1.82) is 0 Å². The van der Waals surface area contributed by atoms with E-state index in [1.807, 2.05) is 61.5 Å². The number of amides is 1. The Kier molecular flexibility index (Phi) is 11.3. The number of aliphatic hydroxyl groups is 1. The van der Waals surface area contributed by atoms with Gasteiger partial charge in [0.25, 0.3) is 5.91 Å². The fourth-order valence-electron chi connectivity index (χ4n) is 5.23. The van der Waals surface area contributed by atoms with E-state index in [2.05, 4.69) is 16.0 Å². The van der Waals surface area contributed by atoms with Gasteiger partial charge in [-0.15, -0.1) is 0 Å². The molecule has 4 N–H and O–H groups in total. The van der Waals surface area contributed by atoms with Gasteiger partial charge in [0.2, 0.25) is 10.0 Å². The highest BCUT2D eigenvalue weighted by molar-refractivity contribution is 7.92. The van der Waals surface area contributed by atoms with Crippen molar-refractivity contribution in [2.24, 2.45) is 0 Å². The Bertz CT molecular complexity index is 1470. The smallest absolute Gasteiger partial charge is 0.255 e. The van der Waals surface area contributed by atoms with Crippen molar-refractivity contribution in [3.63, 3.8) is 0 Å². The van der Waals surface area contributed by atoms with E-state index < -0.39 is 28.1 Å². The van der Waals surface area contributed by atoms with E-state index in [9.17, 15) is 18.3 Å². The molecule has 232 valence electrons. The number of hydrogen-bond acceptors (Lipinski definition) is 8. The van der Waals surface area contributed by atoms with Crippen LogP contribution in [0.25, 0.3) is 0 Å². The normalized spacial score (nSPS) is 15.8. The minimum Gasteiger partial charge on any atom is -0.497 e. The van der Waals surface area contributed by atoms with E-state index in [4.69, 9.17) is 9.47 Å². The maximum atomic E-state index is 13.9. The molecule has 1 amide bonds. The number of hydrogen-bond donors (Lipinski definition) is 4. The molecule has 0 radical (unpaired) electrons. The summed E-state index contributed by atoms with van der Waals surface area (Å²) in [4.78, 5) is 13.9. The molecule has 3 aromatic rings. The van der Waals surface area contributed by atoms with Crippen LogP contribution in [0.1, 0.15) is 41.3 Å². The standard InChI is InChI=1S/C32H42N4O6S/c1-4-34-25-19-27(31(42-3)29(20-25)36-15-8-9-16-43(36,39)40)32(38)35-28(18-23-11-6-5-7-12-23)30(37)22-33-21-24-13-10-14-26(17-24)41-2/h5-7,10-14,17,19-20,28,30,33-34,37H,4,8-9,15-16,18,21-22H2,1-3H3,(H,35,38)/t28-,30+/m0/s1. The third kappa shape index (κ3) is 8.40. The van der Waals surface area contributed by atoms with Crippen molar-refractivity contribution in [1.82, 2.24) is 10.6 Å². The number of benzene rings is 3. The molecule has 0 saturated carbocycles. The van der Waals surface area contributed by atoms with E-state index >= 15 is 0 Å². The summed E-state index contributed by atoms with van der Waals surface area (Å²) in [6.07, 6.45) is 0.757. The Labute approximate surface area is 254 Å². The third-order valence-corrected chi connectivity index (χ3v) is 9.27. The largest absolute Gasteiger partial charge is 0.497 e. The van der Waals surface area contributed by atoms with Crippen molar-refractivity contribution < 1.29 is 27.8 Å². The van der Waals surface area contributed by atoms with Crippen LogP contribution < -0.4 is 29.7 Å². The summed E-state index contributed by atoms with van der Waals surface area (Å²) >= 11 is 0. The minimum atomic E-state index is -3.56. The molecule has 3 aromatic carbocycles. The number of ether oxygens (including phenoxy) is 2. The van der Waals surface area contributed by atoms with Crippen molar-refractivity contribution in [3.8, 4) is 11.5 Å². The lowest BCUT2D eigenvalue weighted by Crippen LogP contribution is -2.48. The van der Waals surface area contributed by atoms with Gasteiger partial charge in [0, 0.05) is 31.9 Å². The molecule has 1 aliphatic rings. The van der Waals surface area contributed by atoms with Crippen LogP contribution in [0.2, 0.25) is 0 Å². The summed E-state index contributed by atoms with van der Waals surface area (Å²) in [6, 6.07) is 20.0. The second kappa shape index (κ2) is 15.1. The van der Waals surface area contributed by atoms with Gasteiger partial charge in [-0.05, 0) is 61.6 Å². The Morgan fingerprint density at radius 2 is 1.77 bits per heavy atom. The van der Waals surface area contributed by atoms with Crippen molar-refractivity contribution in [3.05, 3.63) is 83.4 Å². The lowest BCUT2D eigenvalue weighted by molar-refractivity contribution is 0.0827. The van der Waals surface area contributed by atoms with Crippen LogP contribution in [0.5, 0.6) is 11.5 Å². The van der Waals surface area contributed by atoms with Gasteiger partial charge in [-0.1, -0.05) is 42.5 Å². The van der Waals surface area contributed by atoms with Gasteiger partial charge >= 0.3 is 0 Å². The number of anilines is 2. The maximum absolute atomic E-state index is 13.9. The molecular formula is C32H42N4O6S. The highest BCUT2D eigenvalue weighted by Gasteiger charge is 2.32. The van der Waals surface area contributed by atoms with E-state index in [-0.39, 0.29) is 23.6 Å². The van der Waals surface area contributed by atoms with Gasteiger partial charge < -0.3 is 30.5 Å². The SMILES string of the molecule is CCNc1cc(C(=O)N[C@@H](Cc2ccccc2)[C@H](O)CNCc2cccc(OC)c2)c(OC)c(N2CCCCS2(=O)=O)c1. The molecule has 10 nitrogen and oxygen atoms in total. The predicted molar refractivity (Wildman–Crippen MR) is 170 cm³/mol. The molecule has 0 spiro atoms. The molecule has 0 unspecified atom stereocenters. The fraction of sp³-hybridized carbons (Fsp3) is 0.406. The second-order valence-electron chi connectivity index (χ2n) is 10.5. The van der Waals surface area contributed by atoms with Crippen LogP contribution in [0, 0.1) is 0 Å². The van der Waals surface area contributed by atoms with Crippen LogP contribution in [0.4, 0.5) is 11.4 Å². The quantitative estimate of drug-likeness (QED) is 0.218. The van der Waals surface area contributed by atoms with Gasteiger partial charge in [-0.25, -0.2) is 8.42 Å². The molecule has 2 atom stereocenters. The lowest BCUT2D eigenvalue weighted by atomic mass is 10.00. The molecule has 1 heterocycles. The third-order valence-electron chi connectivity index (χ3n) is 7.41. The predicted octanol–water partition coefficient (Wildman–Crippen LogP) is 3.56. The summed E-state index contributed by atoms with van der Waals surface area (Å²) in [5, 5.41) is 20.8. The molecule has 43 heavy (non-hydrogen) atoms. The maximum Gasteiger partial charge on any atom is 0.255 e. The minimum absolute atomic E-state index is 0.0389. The van der Waals surface area contributed by atoms with Crippen molar-refractivity contribution in [2.75, 3.05) is 49.2 Å². The Balaban J connectivity index is 1.60. The molecule has 1 aliphatic heterocycles. The van der Waals surface area contributed by atoms with Crippen LogP contribution in [0.15, 0.2) is 66.7 Å². The van der Waals surface area contributed by atoms with E-state index in [1.54, 1.807) is 19.2 Å². The summed E-state index contributed by atoms with van der Waals surface area (Å²) in [5.41, 5.74) is 3.06. The van der Waals surface area contributed by atoms with Crippen LogP contribution >= 0.6 is 0 Å². The number of carbonyl (C=O) groups is 1. The van der Waals surface area contributed by atoms with Crippen molar-refractivity contribution in [2.45, 2.75) is 44.9 Å². The number of carbonyl (C=O) groups excluding carboxylic acids is 1. The fourth-order valence-corrected chi connectivity index (χ4v) is 6.87. The monoisotopic (exact) mass is 610 g/mol. The Morgan fingerprint density at radius 3 is 2.47 bits per heavy atom. The Morgan fingerprint density at radius 1 is 1.00 bits per heavy atom. The molecule has 11 heteroatoms. The van der Waals surface area contributed by atoms with E-state index in [0.29, 0.717) is 50.3 Å². The average molecular weight is 611 g/mol. The van der Waals surface area contributed by atoms with Gasteiger partial charge in [-0.3, -0.25) is 9.10 Å². The Hall–Kier alpha value is -3.80. The van der Waals surface area contributed by atoms with Crippen LogP contribution in [-0.2, 0) is 23.0 Å². The van der Waals surface area contributed by atoms with Gasteiger partial charge in [0.05, 0.1) is 43.4 Å². The van der Waals surface area contributed by atoms with Crippen LogP contribution in [-0.4, -0.2) is 71.2 Å². The molecule has 1 saturated heterocycles. The second-order valence-corrected chi connectivity index (χ2v) is 12.5. The zero-order valence-corrected chi connectivity index (χ0v) is 25.8. The topological polar surface area (TPSA) is 129 Å². The number of nitrogens with one attached hydrogen (secondary N) is 3. The molecule has 1 fully saturated rings.